The zero-order valence-electron chi connectivity index (χ0n) is 11.1. The van der Waals surface area contributed by atoms with Gasteiger partial charge < -0.3 is 11.1 Å². The van der Waals surface area contributed by atoms with Gasteiger partial charge in [0.25, 0.3) is 0 Å². The van der Waals surface area contributed by atoms with Crippen molar-refractivity contribution in [2.75, 3.05) is 18.1 Å². The number of thioether (sulfide) groups is 1. The van der Waals surface area contributed by atoms with Crippen molar-refractivity contribution in [2.45, 2.75) is 10.9 Å². The number of anilines is 1. The first-order valence-corrected chi connectivity index (χ1v) is 8.59. The Labute approximate surface area is 137 Å². The molecule has 0 spiro atoms. The second-order valence-electron chi connectivity index (χ2n) is 4.33. The topological polar surface area (TPSA) is 38.0 Å². The molecule has 1 unspecified atom stereocenters. The second kappa shape index (κ2) is 7.36. The number of hydrogen-bond donors (Lipinski definition) is 2. The lowest BCUT2D eigenvalue weighted by atomic mass is 10.1. The van der Waals surface area contributed by atoms with E-state index in [4.69, 9.17) is 17.3 Å². The Morgan fingerprint density at radius 2 is 1.95 bits per heavy atom. The van der Waals surface area contributed by atoms with Gasteiger partial charge in [-0.3, -0.25) is 0 Å². The van der Waals surface area contributed by atoms with E-state index in [1.165, 1.54) is 10.5 Å². The molecule has 3 N–H and O–H groups in total. The van der Waals surface area contributed by atoms with Crippen LogP contribution < -0.4 is 11.1 Å². The minimum atomic E-state index is 0.0824. The van der Waals surface area contributed by atoms with E-state index in [1.807, 2.05) is 18.2 Å². The normalized spacial score (nSPS) is 12.2. The van der Waals surface area contributed by atoms with Crippen molar-refractivity contribution >= 4 is 45.0 Å². The van der Waals surface area contributed by atoms with Crippen molar-refractivity contribution in [3.8, 4) is 0 Å². The molecular formula is C15H16BrClN2S. The largest absolute Gasteiger partial charge is 0.377 e. The van der Waals surface area contributed by atoms with Gasteiger partial charge in [0.1, 0.15) is 0 Å². The third-order valence-electron chi connectivity index (χ3n) is 3.01. The van der Waals surface area contributed by atoms with Gasteiger partial charge >= 0.3 is 0 Å². The van der Waals surface area contributed by atoms with Crippen LogP contribution >= 0.6 is 39.3 Å². The quantitative estimate of drug-likeness (QED) is 0.731. The van der Waals surface area contributed by atoms with Crippen molar-refractivity contribution in [2.24, 2.45) is 5.73 Å². The molecule has 0 heterocycles. The van der Waals surface area contributed by atoms with E-state index in [0.29, 0.717) is 11.6 Å². The summed E-state index contributed by atoms with van der Waals surface area (Å²) in [7, 11) is 0. The van der Waals surface area contributed by atoms with E-state index in [9.17, 15) is 0 Å². The molecule has 2 nitrogen and oxygen atoms in total. The van der Waals surface area contributed by atoms with E-state index in [-0.39, 0.29) is 6.04 Å². The summed E-state index contributed by atoms with van der Waals surface area (Å²) in [6.45, 7) is 0.527. The third-order valence-corrected chi connectivity index (χ3v) is 4.97. The van der Waals surface area contributed by atoms with E-state index in [2.05, 4.69) is 51.8 Å². The molecule has 2 aromatic rings. The fourth-order valence-electron chi connectivity index (χ4n) is 1.90. The lowest BCUT2D eigenvalue weighted by Gasteiger charge is -2.19. The van der Waals surface area contributed by atoms with Crippen LogP contribution in [0.2, 0.25) is 5.02 Å². The van der Waals surface area contributed by atoms with Gasteiger partial charge in [-0.05, 0) is 58.1 Å². The molecular weight excluding hydrogens is 356 g/mol. The van der Waals surface area contributed by atoms with Crippen molar-refractivity contribution in [3.63, 3.8) is 0 Å². The first-order valence-electron chi connectivity index (χ1n) is 6.19. The molecule has 2 rings (SSSR count). The highest BCUT2D eigenvalue weighted by atomic mass is 79.9. The van der Waals surface area contributed by atoms with Crippen LogP contribution in [0.25, 0.3) is 0 Å². The summed E-state index contributed by atoms with van der Waals surface area (Å²) in [6, 6.07) is 14.3. The first-order chi connectivity index (χ1) is 9.63. The molecule has 0 aliphatic heterocycles. The molecule has 20 heavy (non-hydrogen) atoms. The van der Waals surface area contributed by atoms with E-state index >= 15 is 0 Å². The Hall–Kier alpha value is -0.680. The molecule has 0 aliphatic carbocycles. The summed E-state index contributed by atoms with van der Waals surface area (Å²) in [4.78, 5) is 1.25. The number of rotatable bonds is 5. The molecule has 0 aliphatic rings. The van der Waals surface area contributed by atoms with Crippen molar-refractivity contribution in [1.29, 1.82) is 0 Å². The number of hydrogen-bond acceptors (Lipinski definition) is 3. The van der Waals surface area contributed by atoms with Crippen LogP contribution in [0.4, 0.5) is 5.69 Å². The molecule has 1 atom stereocenters. The maximum absolute atomic E-state index is 6.00. The van der Waals surface area contributed by atoms with Crippen LogP contribution in [0, 0.1) is 0 Å². The van der Waals surface area contributed by atoms with Gasteiger partial charge in [-0.15, -0.1) is 11.8 Å². The minimum absolute atomic E-state index is 0.0824. The molecule has 0 amide bonds. The van der Waals surface area contributed by atoms with Gasteiger partial charge in [-0.2, -0.15) is 0 Å². The Kier molecular flexibility index (Phi) is 5.78. The van der Waals surface area contributed by atoms with Crippen LogP contribution in [0.15, 0.2) is 51.8 Å². The Balaban J connectivity index is 2.16. The average molecular weight is 372 g/mol. The molecule has 0 bridgehead atoms. The molecule has 0 aromatic heterocycles. The zero-order chi connectivity index (χ0) is 14.5. The lowest BCUT2D eigenvalue weighted by Crippen LogP contribution is -2.20. The summed E-state index contributed by atoms with van der Waals surface area (Å²) in [5.41, 5.74) is 8.05. The zero-order valence-corrected chi connectivity index (χ0v) is 14.2. The van der Waals surface area contributed by atoms with Crippen LogP contribution in [-0.2, 0) is 0 Å². The van der Waals surface area contributed by atoms with Crippen molar-refractivity contribution in [1.82, 2.24) is 0 Å². The highest BCUT2D eigenvalue weighted by Crippen LogP contribution is 2.28. The third kappa shape index (κ3) is 3.92. The molecule has 0 saturated carbocycles. The molecule has 106 valence electrons. The smallest absolute Gasteiger partial charge is 0.0636 e. The molecule has 2 aromatic carbocycles. The monoisotopic (exact) mass is 370 g/mol. The fourth-order valence-corrected chi connectivity index (χ4v) is 2.81. The highest BCUT2D eigenvalue weighted by molar-refractivity contribution is 9.10. The summed E-state index contributed by atoms with van der Waals surface area (Å²) in [6.07, 6.45) is 2.07. The predicted molar refractivity (Wildman–Crippen MR) is 92.8 cm³/mol. The SMILES string of the molecule is CSc1ccc(C(CN)Nc2ccc(Cl)c(Br)c2)cc1. The van der Waals surface area contributed by atoms with Gasteiger partial charge in [-0.25, -0.2) is 0 Å². The molecule has 0 radical (unpaired) electrons. The van der Waals surface area contributed by atoms with Gasteiger partial charge in [-0.1, -0.05) is 23.7 Å². The number of halogens is 2. The van der Waals surface area contributed by atoms with E-state index in [1.54, 1.807) is 11.8 Å². The number of benzene rings is 2. The van der Waals surface area contributed by atoms with Crippen LogP contribution in [0.3, 0.4) is 0 Å². The standard InChI is InChI=1S/C15H16BrClN2S/c1-20-12-5-2-10(3-6-12)15(9-18)19-11-4-7-14(17)13(16)8-11/h2-8,15,19H,9,18H2,1H3. The summed E-state index contributed by atoms with van der Waals surface area (Å²) in [5, 5.41) is 4.13. The lowest BCUT2D eigenvalue weighted by molar-refractivity contribution is 0.789. The van der Waals surface area contributed by atoms with Crippen LogP contribution in [-0.4, -0.2) is 12.8 Å². The van der Waals surface area contributed by atoms with Crippen LogP contribution in [0.5, 0.6) is 0 Å². The summed E-state index contributed by atoms with van der Waals surface area (Å²) in [5.74, 6) is 0. The van der Waals surface area contributed by atoms with E-state index in [0.717, 1.165) is 10.2 Å². The highest BCUT2D eigenvalue weighted by Gasteiger charge is 2.10. The summed E-state index contributed by atoms with van der Waals surface area (Å²) >= 11 is 11.2. The maximum Gasteiger partial charge on any atom is 0.0636 e. The minimum Gasteiger partial charge on any atom is -0.377 e. The Morgan fingerprint density at radius 3 is 2.50 bits per heavy atom. The first kappa shape index (κ1) is 15.7. The molecule has 5 heteroatoms. The van der Waals surface area contributed by atoms with E-state index < -0.39 is 0 Å². The number of nitrogens with two attached hydrogens (primary N) is 1. The maximum atomic E-state index is 6.00. The second-order valence-corrected chi connectivity index (χ2v) is 6.48. The molecule has 0 fully saturated rings. The summed E-state index contributed by atoms with van der Waals surface area (Å²) < 4.78 is 0.873. The predicted octanol–water partition coefficient (Wildman–Crippen LogP) is 4.94. The van der Waals surface area contributed by atoms with Gasteiger partial charge in [0.15, 0.2) is 0 Å². The Morgan fingerprint density at radius 1 is 1.25 bits per heavy atom. The van der Waals surface area contributed by atoms with Crippen LogP contribution in [0.1, 0.15) is 11.6 Å². The van der Waals surface area contributed by atoms with Gasteiger partial charge in [0.05, 0.1) is 11.1 Å². The van der Waals surface area contributed by atoms with Crippen molar-refractivity contribution < 1.29 is 0 Å². The fraction of sp³-hybridized carbons (Fsp3) is 0.200. The number of nitrogens with one attached hydrogen (secondary N) is 1. The Bertz CT molecular complexity index is 575. The van der Waals surface area contributed by atoms with Crippen molar-refractivity contribution in [3.05, 3.63) is 57.5 Å². The molecule has 0 saturated heterocycles. The average Bonchev–Trinajstić information content (AvgIpc) is 2.48. The van der Waals surface area contributed by atoms with Gasteiger partial charge in [0, 0.05) is 21.6 Å². The van der Waals surface area contributed by atoms with Gasteiger partial charge in [0.2, 0.25) is 0 Å².